The molecule has 0 rings (SSSR count). The molecule has 92 valence electrons. The van der Waals surface area contributed by atoms with Gasteiger partial charge in [0, 0.05) is 11.1 Å². The molecule has 4 heteroatoms. The molecule has 0 aromatic carbocycles. The Hall–Kier alpha value is -1.58. The van der Waals surface area contributed by atoms with E-state index in [2.05, 4.69) is 0 Å². The fourth-order valence-electron chi connectivity index (χ4n) is 0.693. The fourth-order valence-corrected chi connectivity index (χ4v) is 0.693. The first-order valence-corrected chi connectivity index (χ1v) is 5.03. The third kappa shape index (κ3) is 7.79. The molecule has 0 aliphatic carbocycles. The molecule has 0 radical (unpaired) electrons. The number of allylic oxidation sites excluding steroid dienone is 2. The fraction of sp³-hybridized carbons (Fsp3) is 0.500. The lowest BCUT2D eigenvalue weighted by atomic mass is 10.2. The molecular formula is C12H20O4. The van der Waals surface area contributed by atoms with Crippen LogP contribution in [0.3, 0.4) is 0 Å². The van der Waals surface area contributed by atoms with Gasteiger partial charge in [0.1, 0.15) is 0 Å². The molecule has 0 aliphatic rings. The summed E-state index contributed by atoms with van der Waals surface area (Å²) in [6.07, 6.45) is 2.22. The summed E-state index contributed by atoms with van der Waals surface area (Å²) < 4.78 is 0. The van der Waals surface area contributed by atoms with Crippen LogP contribution in [0.15, 0.2) is 22.8 Å². The maximum Gasteiger partial charge on any atom is 0.331 e. The third-order valence-corrected chi connectivity index (χ3v) is 2.07. The summed E-state index contributed by atoms with van der Waals surface area (Å²) in [5.74, 6) is -1.64. The van der Waals surface area contributed by atoms with Gasteiger partial charge in [-0.25, -0.2) is 9.59 Å². The molecule has 0 aliphatic heterocycles. The Balaban J connectivity index is 0. The van der Waals surface area contributed by atoms with Crippen molar-refractivity contribution in [1.82, 2.24) is 0 Å². The van der Waals surface area contributed by atoms with Crippen molar-refractivity contribution in [2.24, 2.45) is 0 Å². The highest BCUT2D eigenvalue weighted by Crippen LogP contribution is 2.00. The summed E-state index contributed by atoms with van der Waals surface area (Å²) in [5.41, 5.74) is 1.77. The Morgan fingerprint density at radius 3 is 1.50 bits per heavy atom. The maximum absolute atomic E-state index is 10.1. The van der Waals surface area contributed by atoms with E-state index in [1.165, 1.54) is 0 Å². The van der Waals surface area contributed by atoms with Crippen LogP contribution in [0.25, 0.3) is 0 Å². The summed E-state index contributed by atoms with van der Waals surface area (Å²) >= 11 is 0. The smallest absolute Gasteiger partial charge is 0.331 e. The Bertz CT molecular complexity index is 307. The molecule has 0 unspecified atom stereocenters. The number of hydrogen-bond acceptors (Lipinski definition) is 2. The molecule has 0 heterocycles. The zero-order valence-electron chi connectivity index (χ0n) is 10.5. The minimum absolute atomic E-state index is 0.435. The van der Waals surface area contributed by atoms with E-state index in [9.17, 15) is 9.59 Å². The van der Waals surface area contributed by atoms with Crippen molar-refractivity contribution in [2.75, 3.05) is 0 Å². The number of carboxylic acid groups (broad SMARTS) is 2. The largest absolute Gasteiger partial charge is 0.478 e. The van der Waals surface area contributed by atoms with Gasteiger partial charge in [0.15, 0.2) is 0 Å². The zero-order chi connectivity index (χ0) is 13.3. The highest BCUT2D eigenvalue weighted by Gasteiger charge is 1.99. The molecule has 0 saturated carbocycles. The Morgan fingerprint density at radius 2 is 1.50 bits per heavy atom. The van der Waals surface area contributed by atoms with Crippen LogP contribution in [0.5, 0.6) is 0 Å². The molecule has 0 aromatic rings. The van der Waals surface area contributed by atoms with Crippen LogP contribution in [-0.2, 0) is 9.59 Å². The molecular weight excluding hydrogens is 208 g/mol. The quantitative estimate of drug-likeness (QED) is 0.728. The van der Waals surface area contributed by atoms with E-state index < -0.39 is 11.9 Å². The van der Waals surface area contributed by atoms with Crippen molar-refractivity contribution < 1.29 is 19.8 Å². The van der Waals surface area contributed by atoms with Gasteiger partial charge in [0.05, 0.1) is 0 Å². The molecule has 0 atom stereocenters. The van der Waals surface area contributed by atoms with Gasteiger partial charge in [-0.05, 0) is 34.1 Å². The van der Waals surface area contributed by atoms with Crippen LogP contribution in [0, 0.1) is 0 Å². The zero-order valence-corrected chi connectivity index (χ0v) is 10.5. The summed E-state index contributed by atoms with van der Waals surface area (Å²) in [6.45, 7) is 8.71. The number of hydrogen-bond donors (Lipinski definition) is 2. The minimum atomic E-state index is -0.829. The van der Waals surface area contributed by atoms with E-state index in [1.54, 1.807) is 33.8 Å². The molecule has 2 N–H and O–H groups in total. The molecule has 0 fully saturated rings. The molecule has 0 aromatic heterocycles. The van der Waals surface area contributed by atoms with E-state index in [0.717, 1.165) is 5.57 Å². The van der Waals surface area contributed by atoms with E-state index in [4.69, 9.17) is 10.2 Å². The second kappa shape index (κ2) is 8.71. The van der Waals surface area contributed by atoms with Crippen LogP contribution in [0.2, 0.25) is 0 Å². The summed E-state index contributed by atoms with van der Waals surface area (Å²) in [4.78, 5) is 20.2. The molecule has 4 nitrogen and oxygen atoms in total. The molecule has 0 spiro atoms. The van der Waals surface area contributed by atoms with E-state index in [0.29, 0.717) is 17.6 Å². The second-order valence-corrected chi connectivity index (χ2v) is 3.40. The number of carbonyl (C=O) groups is 2. The van der Waals surface area contributed by atoms with Gasteiger partial charge in [-0.2, -0.15) is 0 Å². The van der Waals surface area contributed by atoms with Crippen molar-refractivity contribution in [3.05, 3.63) is 22.8 Å². The summed E-state index contributed by atoms with van der Waals surface area (Å²) in [6, 6.07) is 0. The number of carboxylic acids is 2. The van der Waals surface area contributed by atoms with Crippen LogP contribution < -0.4 is 0 Å². The summed E-state index contributed by atoms with van der Waals surface area (Å²) in [5, 5.41) is 16.6. The Labute approximate surface area is 96.3 Å². The minimum Gasteiger partial charge on any atom is -0.478 e. The number of rotatable bonds is 3. The third-order valence-electron chi connectivity index (χ3n) is 2.07. The number of aliphatic carboxylic acids is 2. The first kappa shape index (κ1) is 16.8. The van der Waals surface area contributed by atoms with Gasteiger partial charge in [-0.1, -0.05) is 18.6 Å². The van der Waals surface area contributed by atoms with Gasteiger partial charge < -0.3 is 10.2 Å². The lowest BCUT2D eigenvalue weighted by Gasteiger charge is -1.92. The van der Waals surface area contributed by atoms with Gasteiger partial charge in [0.2, 0.25) is 0 Å². The Kier molecular flexibility index (Phi) is 9.16. The SMILES string of the molecule is CC(C)=C(C)C(=O)O.CC=C(CC)C(=O)O. The second-order valence-electron chi connectivity index (χ2n) is 3.40. The Morgan fingerprint density at radius 1 is 1.06 bits per heavy atom. The first-order valence-electron chi connectivity index (χ1n) is 5.03. The molecule has 16 heavy (non-hydrogen) atoms. The predicted octanol–water partition coefficient (Wildman–Crippen LogP) is 2.85. The monoisotopic (exact) mass is 228 g/mol. The van der Waals surface area contributed by atoms with E-state index in [1.807, 2.05) is 6.92 Å². The van der Waals surface area contributed by atoms with Gasteiger partial charge in [-0.3, -0.25) is 0 Å². The van der Waals surface area contributed by atoms with Crippen molar-refractivity contribution in [2.45, 2.75) is 41.0 Å². The molecule has 0 saturated heterocycles. The maximum atomic E-state index is 10.1. The van der Waals surface area contributed by atoms with Crippen molar-refractivity contribution in [3.63, 3.8) is 0 Å². The first-order chi connectivity index (χ1) is 7.27. The van der Waals surface area contributed by atoms with Crippen molar-refractivity contribution in [1.29, 1.82) is 0 Å². The van der Waals surface area contributed by atoms with Gasteiger partial charge in [0.25, 0.3) is 0 Å². The van der Waals surface area contributed by atoms with Gasteiger partial charge in [-0.15, -0.1) is 0 Å². The van der Waals surface area contributed by atoms with Crippen molar-refractivity contribution >= 4 is 11.9 Å². The lowest BCUT2D eigenvalue weighted by Crippen LogP contribution is -1.97. The van der Waals surface area contributed by atoms with Crippen LogP contribution in [0.1, 0.15) is 41.0 Å². The summed E-state index contributed by atoms with van der Waals surface area (Å²) in [7, 11) is 0. The highest BCUT2D eigenvalue weighted by molar-refractivity contribution is 5.86. The standard InChI is InChI=1S/2C6H10O2/c1-4(2)5(3)6(7)8;1-3-5(4-2)6(7)8/h1-3H3,(H,7,8);3H,4H2,1-2H3,(H,7,8). The van der Waals surface area contributed by atoms with Crippen LogP contribution in [0.4, 0.5) is 0 Å². The average molecular weight is 228 g/mol. The molecule has 0 bridgehead atoms. The van der Waals surface area contributed by atoms with Crippen molar-refractivity contribution in [3.8, 4) is 0 Å². The normalized spacial score (nSPS) is 9.94. The van der Waals surface area contributed by atoms with Gasteiger partial charge >= 0.3 is 11.9 Å². The topological polar surface area (TPSA) is 74.6 Å². The lowest BCUT2D eigenvalue weighted by molar-refractivity contribution is -0.133. The average Bonchev–Trinajstić information content (AvgIpc) is 2.18. The van der Waals surface area contributed by atoms with Crippen LogP contribution in [-0.4, -0.2) is 22.2 Å². The molecule has 0 amide bonds. The van der Waals surface area contributed by atoms with Crippen LogP contribution >= 0.6 is 0 Å². The van der Waals surface area contributed by atoms with E-state index in [-0.39, 0.29) is 0 Å². The van der Waals surface area contributed by atoms with E-state index >= 15 is 0 Å². The highest BCUT2D eigenvalue weighted by atomic mass is 16.4. The predicted molar refractivity (Wildman–Crippen MR) is 63.4 cm³/mol.